The van der Waals surface area contributed by atoms with Crippen LogP contribution in [0.4, 0.5) is 5.69 Å². The number of hydrogen-bond donors (Lipinski definition) is 1. The minimum Gasteiger partial charge on any atom is -0.457 e. The number of aryl methyl sites for hydroxylation is 2. The predicted molar refractivity (Wildman–Crippen MR) is 81.8 cm³/mol. The standard InChI is InChI=1S/C16H16ClNO2/c1-11-4-3-5-12(2)16(11)20-14-8-6-13(7-9-14)18-15(19)10-17/h3-9H,10H2,1-2H3,(H,18,19). The molecule has 0 radical (unpaired) electrons. The molecule has 0 saturated heterocycles. The molecule has 0 aliphatic carbocycles. The number of anilines is 1. The Kier molecular flexibility index (Phi) is 4.64. The summed E-state index contributed by atoms with van der Waals surface area (Å²) in [4.78, 5) is 11.2. The van der Waals surface area contributed by atoms with Gasteiger partial charge in [0.25, 0.3) is 0 Å². The Labute approximate surface area is 123 Å². The van der Waals surface area contributed by atoms with E-state index >= 15 is 0 Å². The highest BCUT2D eigenvalue weighted by molar-refractivity contribution is 6.29. The second-order valence-corrected chi connectivity index (χ2v) is 4.80. The molecule has 0 saturated carbocycles. The van der Waals surface area contributed by atoms with Crippen LogP contribution in [-0.2, 0) is 4.79 Å². The molecule has 20 heavy (non-hydrogen) atoms. The largest absolute Gasteiger partial charge is 0.457 e. The molecule has 0 bridgehead atoms. The van der Waals surface area contributed by atoms with Crippen molar-refractivity contribution in [1.29, 1.82) is 0 Å². The Morgan fingerprint density at radius 2 is 1.70 bits per heavy atom. The first-order chi connectivity index (χ1) is 9.60. The second-order valence-electron chi connectivity index (χ2n) is 4.53. The van der Waals surface area contributed by atoms with Gasteiger partial charge in [0.15, 0.2) is 0 Å². The molecule has 0 atom stereocenters. The van der Waals surface area contributed by atoms with Crippen molar-refractivity contribution in [2.45, 2.75) is 13.8 Å². The van der Waals surface area contributed by atoms with E-state index in [-0.39, 0.29) is 11.8 Å². The van der Waals surface area contributed by atoms with Crippen LogP contribution in [0, 0.1) is 13.8 Å². The Balaban J connectivity index is 2.13. The Morgan fingerprint density at radius 1 is 1.10 bits per heavy atom. The number of alkyl halides is 1. The van der Waals surface area contributed by atoms with Gasteiger partial charge in [-0.25, -0.2) is 0 Å². The fourth-order valence-electron chi connectivity index (χ4n) is 1.88. The van der Waals surface area contributed by atoms with Gasteiger partial charge in [-0.1, -0.05) is 18.2 Å². The summed E-state index contributed by atoms with van der Waals surface area (Å²) in [6, 6.07) is 13.2. The van der Waals surface area contributed by atoms with Gasteiger partial charge in [-0.05, 0) is 49.2 Å². The lowest BCUT2D eigenvalue weighted by Gasteiger charge is -2.12. The van der Waals surface area contributed by atoms with Gasteiger partial charge in [0.1, 0.15) is 17.4 Å². The van der Waals surface area contributed by atoms with Gasteiger partial charge < -0.3 is 10.1 Å². The van der Waals surface area contributed by atoms with Crippen LogP contribution < -0.4 is 10.1 Å². The van der Waals surface area contributed by atoms with E-state index in [9.17, 15) is 4.79 Å². The van der Waals surface area contributed by atoms with Crippen molar-refractivity contribution in [2.75, 3.05) is 11.2 Å². The Morgan fingerprint density at radius 3 is 2.25 bits per heavy atom. The first kappa shape index (κ1) is 14.4. The van der Waals surface area contributed by atoms with Gasteiger partial charge in [-0.15, -0.1) is 11.6 Å². The minimum absolute atomic E-state index is 0.0549. The topological polar surface area (TPSA) is 38.3 Å². The van der Waals surface area contributed by atoms with E-state index in [0.29, 0.717) is 5.69 Å². The zero-order valence-electron chi connectivity index (χ0n) is 11.4. The summed E-state index contributed by atoms with van der Waals surface area (Å²) in [5, 5.41) is 2.68. The van der Waals surface area contributed by atoms with E-state index in [2.05, 4.69) is 5.32 Å². The maximum atomic E-state index is 11.2. The summed E-state index contributed by atoms with van der Waals surface area (Å²) >= 11 is 5.44. The molecule has 0 fully saturated rings. The van der Waals surface area contributed by atoms with Crippen LogP contribution in [0.15, 0.2) is 42.5 Å². The number of amides is 1. The molecule has 1 N–H and O–H groups in total. The summed E-state index contributed by atoms with van der Waals surface area (Å²) in [6.07, 6.45) is 0. The first-order valence-corrected chi connectivity index (χ1v) is 6.83. The summed E-state index contributed by atoms with van der Waals surface area (Å²) < 4.78 is 5.89. The number of ether oxygens (including phenoxy) is 1. The fraction of sp³-hybridized carbons (Fsp3) is 0.188. The molecule has 1 amide bonds. The van der Waals surface area contributed by atoms with Crippen LogP contribution in [0.5, 0.6) is 11.5 Å². The number of benzene rings is 2. The number of carbonyl (C=O) groups is 1. The average molecular weight is 290 g/mol. The summed E-state index contributed by atoms with van der Waals surface area (Å²) in [5.74, 6) is 1.31. The van der Waals surface area contributed by atoms with Gasteiger partial charge in [-0.3, -0.25) is 4.79 Å². The van der Waals surface area contributed by atoms with Crippen molar-refractivity contribution in [2.24, 2.45) is 0 Å². The highest BCUT2D eigenvalue weighted by Gasteiger charge is 2.05. The zero-order valence-corrected chi connectivity index (χ0v) is 12.2. The summed E-state index contributed by atoms with van der Waals surface area (Å²) in [7, 11) is 0. The van der Waals surface area contributed by atoms with Gasteiger partial charge >= 0.3 is 0 Å². The first-order valence-electron chi connectivity index (χ1n) is 6.30. The van der Waals surface area contributed by atoms with Crippen molar-refractivity contribution >= 4 is 23.2 Å². The SMILES string of the molecule is Cc1cccc(C)c1Oc1ccc(NC(=O)CCl)cc1. The lowest BCUT2D eigenvalue weighted by Crippen LogP contribution is -2.12. The third-order valence-corrected chi connectivity index (χ3v) is 3.13. The van der Waals surface area contributed by atoms with Gasteiger partial charge in [0.05, 0.1) is 0 Å². The molecule has 0 unspecified atom stereocenters. The Hall–Kier alpha value is -2.00. The lowest BCUT2D eigenvalue weighted by atomic mass is 10.1. The van der Waals surface area contributed by atoms with E-state index in [1.165, 1.54) is 0 Å². The highest BCUT2D eigenvalue weighted by atomic mass is 35.5. The zero-order chi connectivity index (χ0) is 14.5. The molecule has 0 aliphatic rings. The average Bonchev–Trinajstić information content (AvgIpc) is 2.44. The van der Waals surface area contributed by atoms with Crippen molar-refractivity contribution < 1.29 is 9.53 Å². The van der Waals surface area contributed by atoms with Crippen molar-refractivity contribution in [3.05, 3.63) is 53.6 Å². The highest BCUT2D eigenvalue weighted by Crippen LogP contribution is 2.29. The normalized spacial score (nSPS) is 10.2. The Bertz CT molecular complexity index is 588. The minimum atomic E-state index is -0.227. The van der Waals surface area contributed by atoms with E-state index in [0.717, 1.165) is 22.6 Å². The van der Waals surface area contributed by atoms with Crippen LogP contribution in [-0.4, -0.2) is 11.8 Å². The molecule has 2 aromatic carbocycles. The molecule has 0 heterocycles. The maximum Gasteiger partial charge on any atom is 0.239 e. The monoisotopic (exact) mass is 289 g/mol. The number of hydrogen-bond acceptors (Lipinski definition) is 2. The lowest BCUT2D eigenvalue weighted by molar-refractivity contribution is -0.113. The molecule has 2 rings (SSSR count). The van der Waals surface area contributed by atoms with Crippen LogP contribution in [0.3, 0.4) is 0 Å². The molecule has 2 aromatic rings. The second kappa shape index (κ2) is 6.44. The van der Waals surface area contributed by atoms with Gasteiger partial charge in [-0.2, -0.15) is 0 Å². The third-order valence-electron chi connectivity index (χ3n) is 2.89. The van der Waals surface area contributed by atoms with Crippen molar-refractivity contribution in [3.63, 3.8) is 0 Å². The predicted octanol–water partition coefficient (Wildman–Crippen LogP) is 4.27. The van der Waals surface area contributed by atoms with E-state index < -0.39 is 0 Å². The number of nitrogens with one attached hydrogen (secondary N) is 1. The van der Waals surface area contributed by atoms with Crippen LogP contribution >= 0.6 is 11.6 Å². The van der Waals surface area contributed by atoms with E-state index in [1.54, 1.807) is 12.1 Å². The molecule has 4 heteroatoms. The fourth-order valence-corrected chi connectivity index (χ4v) is 1.95. The molecule has 0 spiro atoms. The quantitative estimate of drug-likeness (QED) is 0.854. The number of rotatable bonds is 4. The molecule has 0 aliphatic heterocycles. The van der Waals surface area contributed by atoms with E-state index in [4.69, 9.17) is 16.3 Å². The molecule has 0 aromatic heterocycles. The molecule has 104 valence electrons. The molecular weight excluding hydrogens is 274 g/mol. The smallest absolute Gasteiger partial charge is 0.239 e. The van der Waals surface area contributed by atoms with Gasteiger partial charge in [0, 0.05) is 5.69 Å². The third kappa shape index (κ3) is 3.52. The number of para-hydroxylation sites is 1. The van der Waals surface area contributed by atoms with Crippen LogP contribution in [0.1, 0.15) is 11.1 Å². The van der Waals surface area contributed by atoms with Crippen LogP contribution in [0.2, 0.25) is 0 Å². The van der Waals surface area contributed by atoms with Crippen molar-refractivity contribution in [1.82, 2.24) is 0 Å². The van der Waals surface area contributed by atoms with Crippen LogP contribution in [0.25, 0.3) is 0 Å². The molecular formula is C16H16ClNO2. The van der Waals surface area contributed by atoms with Crippen molar-refractivity contribution in [3.8, 4) is 11.5 Å². The summed E-state index contributed by atoms with van der Waals surface area (Å²) in [5.41, 5.74) is 2.87. The van der Waals surface area contributed by atoms with E-state index in [1.807, 2.05) is 44.2 Å². The number of halogens is 1. The number of carbonyl (C=O) groups excluding carboxylic acids is 1. The summed E-state index contributed by atoms with van der Waals surface area (Å²) in [6.45, 7) is 4.02. The maximum absolute atomic E-state index is 11.2. The molecule has 3 nitrogen and oxygen atoms in total. The van der Waals surface area contributed by atoms with Gasteiger partial charge in [0.2, 0.25) is 5.91 Å².